The van der Waals surface area contributed by atoms with Crippen LogP contribution in [0.3, 0.4) is 0 Å². The predicted molar refractivity (Wildman–Crippen MR) is 243 cm³/mol. The number of phenols is 1. The van der Waals surface area contributed by atoms with E-state index < -0.39 is 26.0 Å². The molecule has 0 aliphatic carbocycles. The molecule has 0 atom stereocenters. The first-order valence-corrected chi connectivity index (χ1v) is 19.5. The summed E-state index contributed by atoms with van der Waals surface area (Å²) in [7, 11) is 0. The van der Waals surface area contributed by atoms with Crippen molar-refractivity contribution in [3.8, 4) is 67.5 Å². The number of phenolic OH excluding ortho intramolecular Hbond substituents is 1. The Morgan fingerprint density at radius 3 is 1.92 bits per heavy atom. The molecule has 0 saturated heterocycles. The van der Waals surface area contributed by atoms with Crippen molar-refractivity contribution in [2.24, 2.45) is 0 Å². The molecule has 2 heterocycles. The molecule has 59 heavy (non-hydrogen) atoms. The van der Waals surface area contributed by atoms with E-state index in [1.807, 2.05) is 41.1 Å². The molecule has 8 rings (SSSR count). The summed E-state index contributed by atoms with van der Waals surface area (Å²) < 4.78 is 78.3. The second-order valence-corrected chi connectivity index (χ2v) is 17.0. The van der Waals surface area contributed by atoms with Crippen molar-refractivity contribution >= 4 is 11.0 Å². The van der Waals surface area contributed by atoms with Gasteiger partial charge in [0.25, 0.3) is 0 Å². The van der Waals surface area contributed by atoms with E-state index >= 15 is 0 Å². The molecular weight excluding hydrogens is 902 g/mol. The maximum absolute atomic E-state index is 11.4. The molecule has 6 aromatic carbocycles. The molecule has 5 heteroatoms. The fourth-order valence-electron chi connectivity index (χ4n) is 7.42. The molecule has 0 radical (unpaired) electrons. The Morgan fingerprint density at radius 2 is 1.22 bits per heavy atom. The van der Waals surface area contributed by atoms with E-state index in [-0.39, 0.29) is 43.2 Å². The molecular formula is C54H52N3OPt-. The van der Waals surface area contributed by atoms with Crippen LogP contribution in [0.5, 0.6) is 5.75 Å². The second-order valence-electron chi connectivity index (χ2n) is 17.0. The van der Waals surface area contributed by atoms with Gasteiger partial charge in [0.15, 0.2) is 0 Å². The van der Waals surface area contributed by atoms with Gasteiger partial charge in [-0.2, -0.15) is 0 Å². The third-order valence-corrected chi connectivity index (χ3v) is 10.7. The summed E-state index contributed by atoms with van der Waals surface area (Å²) in [6.45, 7) is 2.62. The van der Waals surface area contributed by atoms with E-state index in [9.17, 15) is 5.11 Å². The summed E-state index contributed by atoms with van der Waals surface area (Å²) in [5, 5.41) is 11.4. The van der Waals surface area contributed by atoms with Crippen LogP contribution in [0, 0.1) is 6.07 Å². The molecule has 1 N–H and O–H groups in total. The van der Waals surface area contributed by atoms with E-state index in [1.54, 1.807) is 54.6 Å². The van der Waals surface area contributed by atoms with Gasteiger partial charge in [0.05, 0.1) is 22.3 Å². The fourth-order valence-corrected chi connectivity index (χ4v) is 7.42. The van der Waals surface area contributed by atoms with E-state index in [4.69, 9.17) is 22.3 Å². The van der Waals surface area contributed by atoms with Crippen molar-refractivity contribution in [3.05, 3.63) is 168 Å². The average molecular weight is 963 g/mol. The summed E-state index contributed by atoms with van der Waals surface area (Å²) in [6.07, 6.45) is 1.81. The van der Waals surface area contributed by atoms with E-state index in [1.165, 1.54) is 17.7 Å². The van der Waals surface area contributed by atoms with Gasteiger partial charge in [-0.3, -0.25) is 9.55 Å². The number of fused-ring (bicyclic) bond motifs is 1. The SMILES string of the molecule is [2H]C([2H])([2H])C(c1ccc(-n2c(-c3ccccc3O)nc3c(-c4[c-]c(-c5cc(-c6ccc(C(C)(C)C)cc6)ccn5)cc(C(C)(C)C)c4)cccc32)c(-c2ccccc2)c1)(C([2H])([2H])[2H])C([2H])([2H])[2H].[Pt]. The summed E-state index contributed by atoms with van der Waals surface area (Å²) in [5.74, 6) is 0.283. The van der Waals surface area contributed by atoms with Gasteiger partial charge in [-0.1, -0.05) is 164 Å². The molecule has 0 unspecified atom stereocenters. The minimum atomic E-state index is -3.47. The molecule has 0 spiro atoms. The van der Waals surface area contributed by atoms with Crippen LogP contribution in [-0.4, -0.2) is 19.6 Å². The van der Waals surface area contributed by atoms with E-state index in [2.05, 4.69) is 90.1 Å². The Bertz CT molecular complexity index is 3090. The standard InChI is InChI=1S/C54H52N3O.Pt/c1-52(2,3)40-24-22-35(23-25-40)37-28-29-55-46(33-37)39-30-38(31-42(32-39)54(7,8)9)43-19-15-20-48-50(43)56-51(44-18-13-14-21-49(44)58)57(48)47-27-26-41(53(4,5)6)34-45(47)36-16-11-10-12-17-36;/h10-29,31-34,58H,1-9H3;/q-1;/i4D3,5D3,6D3;. The molecule has 0 fully saturated rings. The summed E-state index contributed by atoms with van der Waals surface area (Å²) in [6, 6.07) is 46.3. The number of benzene rings is 6. The number of hydrogen-bond donors (Lipinski definition) is 1. The normalized spacial score (nSPS) is 15.0. The molecule has 0 aliphatic heterocycles. The summed E-state index contributed by atoms with van der Waals surface area (Å²) >= 11 is 0. The van der Waals surface area contributed by atoms with Crippen LogP contribution in [-0.2, 0) is 37.3 Å². The predicted octanol–water partition coefficient (Wildman–Crippen LogP) is 14.2. The van der Waals surface area contributed by atoms with Gasteiger partial charge in [0, 0.05) is 50.9 Å². The molecule has 2 aromatic heterocycles. The van der Waals surface area contributed by atoms with Crippen LogP contribution in [0.1, 0.15) is 91.1 Å². The van der Waals surface area contributed by atoms with E-state index in [0.717, 1.165) is 39.1 Å². The van der Waals surface area contributed by atoms with Crippen molar-refractivity contribution in [2.45, 2.75) is 78.3 Å². The maximum Gasteiger partial charge on any atom is 0.148 e. The first kappa shape index (κ1) is 31.4. The zero-order chi connectivity index (χ0) is 48.5. The van der Waals surface area contributed by atoms with Crippen LogP contribution >= 0.6 is 0 Å². The van der Waals surface area contributed by atoms with Gasteiger partial charge >= 0.3 is 0 Å². The number of aromatic nitrogens is 3. The van der Waals surface area contributed by atoms with Crippen LogP contribution in [0.25, 0.3) is 72.7 Å². The number of pyridine rings is 1. The first-order valence-electron chi connectivity index (χ1n) is 24.0. The molecule has 300 valence electrons. The van der Waals surface area contributed by atoms with Crippen molar-refractivity contribution in [1.29, 1.82) is 0 Å². The van der Waals surface area contributed by atoms with Crippen LogP contribution in [0.4, 0.5) is 0 Å². The third kappa shape index (κ3) is 8.34. The van der Waals surface area contributed by atoms with Gasteiger partial charge in [-0.15, -0.1) is 29.3 Å². The summed E-state index contributed by atoms with van der Waals surface area (Å²) in [4.78, 5) is 10.1. The summed E-state index contributed by atoms with van der Waals surface area (Å²) in [5.41, 5.74) is 6.40. The van der Waals surface area contributed by atoms with Crippen molar-refractivity contribution < 1.29 is 38.5 Å². The number of imidazole rings is 1. The molecule has 4 nitrogen and oxygen atoms in total. The minimum absolute atomic E-state index is 0. The number of rotatable bonds is 6. The third-order valence-electron chi connectivity index (χ3n) is 10.7. The van der Waals surface area contributed by atoms with Crippen molar-refractivity contribution in [3.63, 3.8) is 0 Å². The largest absolute Gasteiger partial charge is 0.507 e. The van der Waals surface area contributed by atoms with Crippen molar-refractivity contribution in [1.82, 2.24) is 14.5 Å². The Kier molecular flexibility index (Phi) is 8.44. The van der Waals surface area contributed by atoms with Gasteiger partial charge in [0.2, 0.25) is 0 Å². The minimum Gasteiger partial charge on any atom is -0.507 e. The number of hydrogen-bond acceptors (Lipinski definition) is 3. The zero-order valence-electron chi connectivity index (χ0n) is 43.0. The van der Waals surface area contributed by atoms with Crippen LogP contribution < -0.4 is 0 Å². The Balaban J connectivity index is 0.00000684. The van der Waals surface area contributed by atoms with E-state index in [0.29, 0.717) is 39.2 Å². The van der Waals surface area contributed by atoms with Crippen LogP contribution in [0.2, 0.25) is 0 Å². The quantitative estimate of drug-likeness (QED) is 0.169. The molecule has 8 aromatic rings. The number of para-hydroxylation sites is 2. The van der Waals surface area contributed by atoms with Gasteiger partial charge in [0.1, 0.15) is 11.6 Å². The molecule has 0 aliphatic rings. The Labute approximate surface area is 377 Å². The topological polar surface area (TPSA) is 50.9 Å². The maximum atomic E-state index is 11.4. The molecule has 0 amide bonds. The zero-order valence-corrected chi connectivity index (χ0v) is 36.2. The smallest absolute Gasteiger partial charge is 0.148 e. The Morgan fingerprint density at radius 1 is 0.559 bits per heavy atom. The van der Waals surface area contributed by atoms with Gasteiger partial charge in [-0.25, -0.2) is 4.98 Å². The van der Waals surface area contributed by atoms with Crippen molar-refractivity contribution in [2.75, 3.05) is 0 Å². The van der Waals surface area contributed by atoms with Crippen LogP contribution in [0.15, 0.2) is 146 Å². The van der Waals surface area contributed by atoms with Gasteiger partial charge < -0.3 is 5.11 Å². The number of nitrogens with zero attached hydrogens (tertiary/aromatic N) is 3. The second kappa shape index (κ2) is 15.9. The average Bonchev–Trinajstić information content (AvgIpc) is 3.64. The monoisotopic (exact) mass is 962 g/mol. The molecule has 0 saturated carbocycles. The Hall–Kier alpha value is -5.57. The first-order chi connectivity index (χ1) is 31.3. The van der Waals surface area contributed by atoms with Gasteiger partial charge in [-0.05, 0) is 80.5 Å². The fraction of sp³-hybridized carbons (Fsp3) is 0.222. The molecule has 0 bridgehead atoms. The number of aromatic hydroxyl groups is 1.